The molecule has 0 fully saturated rings. The van der Waals surface area contributed by atoms with Crippen LogP contribution in [0.2, 0.25) is 0 Å². The number of furan rings is 1. The highest BCUT2D eigenvalue weighted by Crippen LogP contribution is 2.34. The van der Waals surface area contributed by atoms with Gasteiger partial charge in [0.1, 0.15) is 5.76 Å². The fourth-order valence-electron chi connectivity index (χ4n) is 2.39. The Kier molecular flexibility index (Phi) is 4.02. The molecule has 2 aromatic heterocycles. The lowest BCUT2D eigenvalue weighted by Crippen LogP contribution is -2.39. The van der Waals surface area contributed by atoms with E-state index in [0.717, 1.165) is 4.57 Å². The van der Waals surface area contributed by atoms with E-state index in [-0.39, 0.29) is 5.69 Å². The van der Waals surface area contributed by atoms with Crippen LogP contribution < -0.4 is 11.1 Å². The average molecular weight is 347 g/mol. The largest absolute Gasteiger partial charge is 0.468 e. The van der Waals surface area contributed by atoms with Gasteiger partial charge in [0, 0.05) is 20.2 Å². The summed E-state index contributed by atoms with van der Waals surface area (Å²) in [6.45, 7) is 0. The Morgan fingerprint density at radius 3 is 2.33 bits per heavy atom. The van der Waals surface area contributed by atoms with Crippen molar-refractivity contribution in [2.75, 3.05) is 0 Å². The molecule has 0 bridgehead atoms. The summed E-state index contributed by atoms with van der Waals surface area (Å²) >= 11 is 1.23. The molecule has 0 amide bonds. The van der Waals surface area contributed by atoms with Gasteiger partial charge >= 0.3 is 11.1 Å². The van der Waals surface area contributed by atoms with E-state index in [1.807, 2.05) is 0 Å². The fraction of sp³-hybridized carbons (Fsp3) is 0.200. The zero-order valence-corrected chi connectivity index (χ0v) is 13.7. The Bertz CT molecular complexity index is 1050. The van der Waals surface area contributed by atoms with Crippen LogP contribution in [-0.2, 0) is 19.8 Å². The molecule has 24 heavy (non-hydrogen) atoms. The van der Waals surface area contributed by atoms with Gasteiger partial charge < -0.3 is 13.6 Å². The molecular formula is C15H13N3O5S. The molecule has 9 heteroatoms. The Labute approximate surface area is 139 Å². The van der Waals surface area contributed by atoms with Crippen LogP contribution in [0.3, 0.4) is 0 Å². The van der Waals surface area contributed by atoms with Gasteiger partial charge in [-0.2, -0.15) is 0 Å². The van der Waals surface area contributed by atoms with E-state index in [4.69, 9.17) is 4.42 Å². The molecule has 2 heterocycles. The molecule has 1 aromatic carbocycles. The van der Waals surface area contributed by atoms with Gasteiger partial charge in [-0.05, 0) is 18.2 Å². The number of rotatable bonds is 4. The van der Waals surface area contributed by atoms with Crippen molar-refractivity contribution in [3.8, 4) is 0 Å². The third-order valence-electron chi connectivity index (χ3n) is 3.72. The average Bonchev–Trinajstić information content (AvgIpc) is 3.08. The van der Waals surface area contributed by atoms with Crippen LogP contribution >= 0.6 is 11.8 Å². The van der Waals surface area contributed by atoms with Crippen LogP contribution in [0.25, 0.3) is 11.0 Å². The van der Waals surface area contributed by atoms with E-state index in [1.54, 1.807) is 18.2 Å². The third kappa shape index (κ3) is 2.62. The van der Waals surface area contributed by atoms with Gasteiger partial charge in [0.25, 0.3) is 5.69 Å². The lowest BCUT2D eigenvalue weighted by Gasteiger charge is -2.11. The van der Waals surface area contributed by atoms with Crippen molar-refractivity contribution in [2.24, 2.45) is 14.1 Å². The monoisotopic (exact) mass is 347 g/mol. The second kappa shape index (κ2) is 6.00. The second-order valence-electron chi connectivity index (χ2n) is 5.16. The Balaban J connectivity index is 2.20. The topological polar surface area (TPSA) is 100 Å². The highest BCUT2D eigenvalue weighted by molar-refractivity contribution is 7.98. The van der Waals surface area contributed by atoms with Crippen LogP contribution in [0.15, 0.2) is 49.4 Å². The van der Waals surface area contributed by atoms with Crippen LogP contribution in [0.1, 0.15) is 5.76 Å². The first kappa shape index (κ1) is 16.1. The summed E-state index contributed by atoms with van der Waals surface area (Å²) in [6, 6.07) is 6.39. The molecule has 0 spiro atoms. The summed E-state index contributed by atoms with van der Waals surface area (Å²) < 4.78 is 7.57. The van der Waals surface area contributed by atoms with Gasteiger partial charge in [0.15, 0.2) is 0 Å². The van der Waals surface area contributed by atoms with Gasteiger partial charge in [-0.3, -0.25) is 19.7 Å². The van der Waals surface area contributed by atoms with Gasteiger partial charge in [-0.15, -0.1) is 11.8 Å². The first-order chi connectivity index (χ1) is 11.4. The van der Waals surface area contributed by atoms with Crippen LogP contribution in [0.4, 0.5) is 5.69 Å². The SMILES string of the molecule is Cn1c(=O)c(=O)n(C)c2cc([N+](=O)[O-])c(SCc3ccco3)cc21. The molecule has 3 rings (SSSR count). The molecule has 0 aliphatic rings. The van der Waals surface area contributed by atoms with Crippen molar-refractivity contribution < 1.29 is 9.34 Å². The maximum absolute atomic E-state index is 12.0. The predicted octanol–water partition coefficient (Wildman–Crippen LogP) is 2.03. The zero-order valence-electron chi connectivity index (χ0n) is 12.9. The van der Waals surface area contributed by atoms with Gasteiger partial charge in [-0.25, -0.2) is 0 Å². The van der Waals surface area contributed by atoms with Crippen molar-refractivity contribution in [3.05, 3.63) is 67.1 Å². The first-order valence-corrected chi connectivity index (χ1v) is 7.92. The van der Waals surface area contributed by atoms with Crippen LogP contribution in [0.5, 0.6) is 0 Å². The lowest BCUT2D eigenvalue weighted by molar-refractivity contribution is -0.387. The minimum atomic E-state index is -0.727. The van der Waals surface area contributed by atoms with Crippen molar-refractivity contribution >= 4 is 28.5 Å². The van der Waals surface area contributed by atoms with E-state index in [0.29, 0.717) is 27.4 Å². The maximum atomic E-state index is 12.0. The van der Waals surface area contributed by atoms with E-state index in [2.05, 4.69) is 0 Å². The summed E-state index contributed by atoms with van der Waals surface area (Å²) in [4.78, 5) is 35.1. The van der Waals surface area contributed by atoms with Crippen LogP contribution in [0, 0.1) is 10.1 Å². The van der Waals surface area contributed by atoms with Gasteiger partial charge in [0.2, 0.25) is 0 Å². The lowest BCUT2D eigenvalue weighted by atomic mass is 10.2. The van der Waals surface area contributed by atoms with E-state index >= 15 is 0 Å². The summed E-state index contributed by atoms with van der Waals surface area (Å²) in [7, 11) is 2.89. The van der Waals surface area contributed by atoms with Crippen molar-refractivity contribution in [2.45, 2.75) is 10.6 Å². The number of fused-ring (bicyclic) bond motifs is 1. The Morgan fingerprint density at radius 2 is 1.79 bits per heavy atom. The highest BCUT2D eigenvalue weighted by atomic mass is 32.2. The summed E-state index contributed by atoms with van der Waals surface area (Å²) in [5, 5.41) is 11.4. The number of hydrogen-bond acceptors (Lipinski definition) is 6. The fourth-order valence-corrected chi connectivity index (χ4v) is 3.33. The molecule has 0 atom stereocenters. The number of aromatic nitrogens is 2. The molecule has 0 radical (unpaired) electrons. The number of hydrogen-bond donors (Lipinski definition) is 0. The molecule has 0 N–H and O–H groups in total. The molecule has 0 saturated heterocycles. The molecule has 0 unspecified atom stereocenters. The summed E-state index contributed by atoms with van der Waals surface area (Å²) in [5.74, 6) is 1.10. The minimum absolute atomic E-state index is 0.118. The van der Waals surface area contributed by atoms with Crippen molar-refractivity contribution in [3.63, 3.8) is 0 Å². The number of aryl methyl sites for hydroxylation is 2. The Morgan fingerprint density at radius 1 is 1.17 bits per heavy atom. The van der Waals surface area contributed by atoms with Gasteiger partial charge in [-0.1, -0.05) is 0 Å². The summed E-state index contributed by atoms with van der Waals surface area (Å²) in [6.07, 6.45) is 1.53. The molecule has 8 nitrogen and oxygen atoms in total. The molecule has 0 saturated carbocycles. The highest BCUT2D eigenvalue weighted by Gasteiger charge is 2.19. The minimum Gasteiger partial charge on any atom is -0.468 e. The molecule has 3 aromatic rings. The van der Waals surface area contributed by atoms with E-state index < -0.39 is 16.0 Å². The quantitative estimate of drug-likeness (QED) is 0.310. The third-order valence-corrected chi connectivity index (χ3v) is 4.78. The van der Waals surface area contributed by atoms with Crippen molar-refractivity contribution in [1.29, 1.82) is 0 Å². The number of thioether (sulfide) groups is 1. The maximum Gasteiger partial charge on any atom is 0.316 e. The predicted molar refractivity (Wildman–Crippen MR) is 89.4 cm³/mol. The molecule has 124 valence electrons. The van der Waals surface area contributed by atoms with E-state index in [1.165, 1.54) is 42.8 Å². The standard InChI is InChI=1S/C15H13N3O5S/c1-16-10-6-12(18(21)22)13(24-8-9-4-3-5-23-9)7-11(10)17(2)15(20)14(16)19/h3-7H,8H2,1-2H3. The zero-order chi connectivity index (χ0) is 17.4. The number of nitro groups is 1. The molecule has 0 aliphatic heterocycles. The number of nitro benzene ring substituents is 1. The Hall–Kier alpha value is -2.81. The van der Waals surface area contributed by atoms with Gasteiger partial charge in [0.05, 0.1) is 32.9 Å². The molecular weight excluding hydrogens is 334 g/mol. The first-order valence-electron chi connectivity index (χ1n) is 6.93. The summed E-state index contributed by atoms with van der Waals surface area (Å²) in [5.41, 5.74) is -0.741. The smallest absolute Gasteiger partial charge is 0.316 e. The van der Waals surface area contributed by atoms with E-state index in [9.17, 15) is 19.7 Å². The number of benzene rings is 1. The van der Waals surface area contributed by atoms with Crippen LogP contribution in [-0.4, -0.2) is 14.1 Å². The second-order valence-corrected chi connectivity index (χ2v) is 6.18. The van der Waals surface area contributed by atoms with Crippen molar-refractivity contribution in [1.82, 2.24) is 9.13 Å². The normalized spacial score (nSPS) is 11.1. The molecule has 0 aliphatic carbocycles. The number of nitrogens with zero attached hydrogens (tertiary/aromatic N) is 3.